The molecule has 1 aromatic rings. The van der Waals surface area contributed by atoms with E-state index in [1.54, 1.807) is 6.08 Å². The van der Waals surface area contributed by atoms with Gasteiger partial charge in [-0.1, -0.05) is 17.7 Å². The Morgan fingerprint density at radius 1 is 1.53 bits per heavy atom. The summed E-state index contributed by atoms with van der Waals surface area (Å²) in [5, 5.41) is 11.6. The van der Waals surface area contributed by atoms with E-state index < -0.39 is 11.4 Å². The molecule has 0 aliphatic heterocycles. The van der Waals surface area contributed by atoms with E-state index in [0.717, 1.165) is 0 Å². The Hall–Kier alpha value is -1.39. The molecule has 2 N–H and O–H groups in total. The van der Waals surface area contributed by atoms with Gasteiger partial charge in [0.1, 0.15) is 5.82 Å². The third-order valence-corrected chi connectivity index (χ3v) is 2.86. The third-order valence-electron chi connectivity index (χ3n) is 2.57. The van der Waals surface area contributed by atoms with E-state index in [-0.39, 0.29) is 17.5 Å². The number of carbonyl (C=O) groups is 1. The molecule has 5 heteroatoms. The van der Waals surface area contributed by atoms with Gasteiger partial charge in [-0.2, -0.15) is 0 Å². The van der Waals surface area contributed by atoms with Crippen molar-refractivity contribution in [3.63, 3.8) is 0 Å². The fraction of sp³-hybridized carbons (Fsp3) is 0.357. The molecule has 1 amide bonds. The van der Waals surface area contributed by atoms with E-state index in [1.807, 2.05) is 13.8 Å². The number of halogens is 2. The van der Waals surface area contributed by atoms with Crippen LogP contribution in [0.15, 0.2) is 24.3 Å². The molecule has 0 atom stereocenters. The lowest BCUT2D eigenvalue weighted by molar-refractivity contribution is -0.118. The first kappa shape index (κ1) is 15.7. The topological polar surface area (TPSA) is 49.3 Å². The molecule has 0 unspecified atom stereocenters. The molecule has 0 fully saturated rings. The van der Waals surface area contributed by atoms with Crippen LogP contribution in [0.1, 0.15) is 25.8 Å². The van der Waals surface area contributed by atoms with E-state index in [2.05, 4.69) is 5.32 Å². The zero-order chi connectivity index (χ0) is 14.5. The van der Waals surface area contributed by atoms with Gasteiger partial charge in [0.2, 0.25) is 5.91 Å². The van der Waals surface area contributed by atoms with Gasteiger partial charge in [-0.05, 0) is 44.0 Å². The number of aliphatic hydroxyl groups is 1. The minimum atomic E-state index is -0.493. The molecule has 0 aromatic heterocycles. The maximum Gasteiger partial charge on any atom is 0.244 e. The van der Waals surface area contributed by atoms with Gasteiger partial charge in [0.25, 0.3) is 0 Å². The first-order valence-corrected chi connectivity index (χ1v) is 6.28. The number of rotatable bonds is 5. The normalized spacial score (nSPS) is 11.8. The maximum atomic E-state index is 12.9. The molecule has 0 saturated heterocycles. The van der Waals surface area contributed by atoms with Crippen LogP contribution in [0.5, 0.6) is 0 Å². The Labute approximate surface area is 117 Å². The van der Waals surface area contributed by atoms with Crippen molar-refractivity contribution in [1.29, 1.82) is 0 Å². The monoisotopic (exact) mass is 285 g/mol. The smallest absolute Gasteiger partial charge is 0.244 e. The van der Waals surface area contributed by atoms with Gasteiger partial charge >= 0.3 is 0 Å². The zero-order valence-electron chi connectivity index (χ0n) is 10.9. The molecule has 0 spiro atoms. The summed E-state index contributed by atoms with van der Waals surface area (Å²) in [4.78, 5) is 11.7. The van der Waals surface area contributed by atoms with Crippen molar-refractivity contribution >= 4 is 23.6 Å². The van der Waals surface area contributed by atoms with Crippen LogP contribution in [0.25, 0.3) is 6.08 Å². The molecule has 0 bridgehead atoms. The highest BCUT2D eigenvalue weighted by Crippen LogP contribution is 2.16. The molecule has 0 saturated carbocycles. The van der Waals surface area contributed by atoms with Crippen molar-refractivity contribution in [2.75, 3.05) is 6.61 Å². The van der Waals surface area contributed by atoms with Gasteiger partial charge in [0.05, 0.1) is 5.02 Å². The minimum absolute atomic E-state index is 0.00453. The fourth-order valence-corrected chi connectivity index (χ4v) is 1.69. The quantitative estimate of drug-likeness (QED) is 0.817. The van der Waals surface area contributed by atoms with E-state index >= 15 is 0 Å². The zero-order valence-corrected chi connectivity index (χ0v) is 11.7. The molecule has 19 heavy (non-hydrogen) atoms. The van der Waals surface area contributed by atoms with Crippen LogP contribution in [0.2, 0.25) is 5.02 Å². The molecule has 1 aromatic carbocycles. The lowest BCUT2D eigenvalue weighted by atomic mass is 10.0. The van der Waals surface area contributed by atoms with Gasteiger partial charge in [-0.25, -0.2) is 4.39 Å². The van der Waals surface area contributed by atoms with Crippen LogP contribution >= 0.6 is 11.6 Å². The van der Waals surface area contributed by atoms with Gasteiger partial charge in [-0.15, -0.1) is 0 Å². The largest absolute Gasteiger partial charge is 0.396 e. The second-order valence-electron chi connectivity index (χ2n) is 4.85. The van der Waals surface area contributed by atoms with Gasteiger partial charge in [0, 0.05) is 18.2 Å². The summed E-state index contributed by atoms with van der Waals surface area (Å²) in [6.45, 7) is 3.65. The highest BCUT2D eigenvalue weighted by Gasteiger charge is 2.18. The molecule has 0 radical (unpaired) electrons. The first-order chi connectivity index (χ1) is 8.84. The predicted molar refractivity (Wildman–Crippen MR) is 74.4 cm³/mol. The average Bonchev–Trinajstić information content (AvgIpc) is 2.30. The Balaban J connectivity index is 2.65. The average molecular weight is 286 g/mol. The summed E-state index contributed by atoms with van der Waals surface area (Å²) < 4.78 is 12.9. The summed E-state index contributed by atoms with van der Waals surface area (Å²) in [5.74, 6) is -0.772. The summed E-state index contributed by atoms with van der Waals surface area (Å²) >= 11 is 5.64. The van der Waals surface area contributed by atoms with Crippen LogP contribution < -0.4 is 5.32 Å². The summed E-state index contributed by atoms with van der Waals surface area (Å²) in [6.07, 6.45) is 3.37. The predicted octanol–water partition coefficient (Wildman–Crippen LogP) is 2.77. The highest BCUT2D eigenvalue weighted by molar-refractivity contribution is 6.30. The number of aliphatic hydroxyl groups excluding tert-OH is 1. The first-order valence-electron chi connectivity index (χ1n) is 5.90. The second kappa shape index (κ2) is 6.68. The highest BCUT2D eigenvalue weighted by atomic mass is 35.5. The standard InChI is InChI=1S/C14H17ClFNO2/c1-14(2,7-8-18)17-13(19)6-4-10-3-5-12(16)11(15)9-10/h3-6,9,18H,7-8H2,1-2H3,(H,17,19)/b6-4+. The van der Waals surface area contributed by atoms with E-state index in [4.69, 9.17) is 16.7 Å². The van der Waals surface area contributed by atoms with Crippen LogP contribution in [0.3, 0.4) is 0 Å². The minimum Gasteiger partial charge on any atom is -0.396 e. The summed E-state index contributed by atoms with van der Waals surface area (Å²) in [7, 11) is 0. The van der Waals surface area contributed by atoms with Crippen molar-refractivity contribution in [3.05, 3.63) is 40.7 Å². The van der Waals surface area contributed by atoms with E-state index in [9.17, 15) is 9.18 Å². The fourth-order valence-electron chi connectivity index (χ4n) is 1.51. The summed E-state index contributed by atoms with van der Waals surface area (Å²) in [5.41, 5.74) is 0.165. The van der Waals surface area contributed by atoms with Crippen LogP contribution in [0.4, 0.5) is 4.39 Å². The summed E-state index contributed by atoms with van der Waals surface area (Å²) in [6, 6.07) is 4.22. The van der Waals surface area contributed by atoms with Crippen LogP contribution in [-0.4, -0.2) is 23.2 Å². The Bertz CT molecular complexity index is 486. The van der Waals surface area contributed by atoms with Crippen molar-refractivity contribution in [3.8, 4) is 0 Å². The molecular formula is C14H17ClFNO2. The molecule has 0 aliphatic rings. The van der Waals surface area contributed by atoms with E-state index in [1.165, 1.54) is 24.3 Å². The van der Waals surface area contributed by atoms with Gasteiger partial charge in [-0.3, -0.25) is 4.79 Å². The number of hydrogen-bond donors (Lipinski definition) is 2. The van der Waals surface area contributed by atoms with Crippen molar-refractivity contribution in [2.24, 2.45) is 0 Å². The molecule has 1 rings (SSSR count). The lowest BCUT2D eigenvalue weighted by Crippen LogP contribution is -2.43. The van der Waals surface area contributed by atoms with E-state index in [0.29, 0.717) is 12.0 Å². The molecule has 0 aliphatic carbocycles. The van der Waals surface area contributed by atoms with Gasteiger partial charge < -0.3 is 10.4 Å². The Morgan fingerprint density at radius 2 is 2.21 bits per heavy atom. The SMILES string of the molecule is CC(C)(CCO)NC(=O)/C=C/c1ccc(F)c(Cl)c1. The van der Waals surface area contributed by atoms with Crippen molar-refractivity contribution in [1.82, 2.24) is 5.32 Å². The third kappa shape index (κ3) is 5.41. The Kier molecular flexibility index (Phi) is 5.51. The van der Waals surface area contributed by atoms with Crippen LogP contribution in [-0.2, 0) is 4.79 Å². The lowest BCUT2D eigenvalue weighted by Gasteiger charge is -2.24. The van der Waals surface area contributed by atoms with Crippen LogP contribution in [0, 0.1) is 5.82 Å². The second-order valence-corrected chi connectivity index (χ2v) is 5.26. The number of benzene rings is 1. The van der Waals surface area contributed by atoms with Gasteiger partial charge in [0.15, 0.2) is 0 Å². The number of hydrogen-bond acceptors (Lipinski definition) is 2. The maximum absolute atomic E-state index is 12.9. The molecule has 0 heterocycles. The number of nitrogens with one attached hydrogen (secondary N) is 1. The van der Waals surface area contributed by atoms with Crippen molar-refractivity contribution < 1.29 is 14.3 Å². The number of carbonyl (C=O) groups excluding carboxylic acids is 1. The molecule has 3 nitrogen and oxygen atoms in total. The number of amides is 1. The van der Waals surface area contributed by atoms with Crippen molar-refractivity contribution in [2.45, 2.75) is 25.8 Å². The molecule has 104 valence electrons. The Morgan fingerprint density at radius 3 is 2.79 bits per heavy atom. The molecular weight excluding hydrogens is 269 g/mol.